The first-order valence-corrected chi connectivity index (χ1v) is 7.57. The summed E-state index contributed by atoms with van der Waals surface area (Å²) in [6.45, 7) is 2.06. The van der Waals surface area contributed by atoms with Crippen LogP contribution in [0.25, 0.3) is 0 Å². The fourth-order valence-electron chi connectivity index (χ4n) is 4.10. The van der Waals surface area contributed by atoms with Crippen molar-refractivity contribution < 1.29 is 14.6 Å². The number of ether oxygens (including phenoxy) is 1. The van der Waals surface area contributed by atoms with E-state index in [4.69, 9.17) is 4.74 Å². The molecule has 2 fully saturated rings. The van der Waals surface area contributed by atoms with Crippen molar-refractivity contribution in [3.8, 4) is 0 Å². The van der Waals surface area contributed by atoms with Crippen LogP contribution in [-0.4, -0.2) is 48.3 Å². The third kappa shape index (κ3) is 2.36. The van der Waals surface area contributed by atoms with E-state index < -0.39 is 0 Å². The number of nitrogens with zero attached hydrogens (tertiary/aromatic N) is 1. The summed E-state index contributed by atoms with van der Waals surface area (Å²) in [7, 11) is 3.46. The molecule has 2 bridgehead atoms. The summed E-state index contributed by atoms with van der Waals surface area (Å²) in [5.74, 6) is -0.234. The molecule has 0 spiro atoms. The van der Waals surface area contributed by atoms with Crippen LogP contribution in [0, 0.1) is 12.8 Å². The Kier molecular flexibility index (Phi) is 3.76. The van der Waals surface area contributed by atoms with Gasteiger partial charge in [0, 0.05) is 18.0 Å². The number of carbonyl (C=O) groups excluding carboxylic acids is 1. The lowest BCUT2D eigenvalue weighted by atomic mass is 9.76. The average Bonchev–Trinajstić information content (AvgIpc) is 2.66. The number of esters is 1. The van der Waals surface area contributed by atoms with Gasteiger partial charge in [-0.15, -0.1) is 0 Å². The van der Waals surface area contributed by atoms with Gasteiger partial charge in [-0.2, -0.15) is 0 Å². The minimum absolute atomic E-state index is 0.0671. The van der Waals surface area contributed by atoms with E-state index in [2.05, 4.69) is 36.1 Å². The molecular formula is C17H23NO3. The maximum absolute atomic E-state index is 12.3. The van der Waals surface area contributed by atoms with Gasteiger partial charge in [-0.3, -0.25) is 9.69 Å². The van der Waals surface area contributed by atoms with E-state index in [1.165, 1.54) is 18.2 Å². The van der Waals surface area contributed by atoms with Crippen LogP contribution in [0.15, 0.2) is 24.3 Å². The number of aryl methyl sites for hydroxylation is 1. The molecule has 5 atom stereocenters. The summed E-state index contributed by atoms with van der Waals surface area (Å²) in [5, 5.41) is 10.3. The fraction of sp³-hybridized carbons (Fsp3) is 0.588. The molecule has 2 heterocycles. The van der Waals surface area contributed by atoms with Gasteiger partial charge in [0.25, 0.3) is 0 Å². The predicted molar refractivity (Wildman–Crippen MR) is 80.0 cm³/mol. The lowest BCUT2D eigenvalue weighted by Crippen LogP contribution is -2.49. The average molecular weight is 289 g/mol. The smallest absolute Gasteiger partial charge is 0.310 e. The molecule has 1 aromatic rings. The van der Waals surface area contributed by atoms with Crippen LogP contribution < -0.4 is 0 Å². The Balaban J connectivity index is 1.97. The van der Waals surface area contributed by atoms with E-state index in [1.54, 1.807) is 0 Å². The van der Waals surface area contributed by atoms with Gasteiger partial charge >= 0.3 is 5.97 Å². The zero-order valence-electron chi connectivity index (χ0n) is 12.8. The van der Waals surface area contributed by atoms with Gasteiger partial charge < -0.3 is 9.84 Å². The molecule has 2 aliphatic heterocycles. The molecule has 0 saturated carbocycles. The van der Waals surface area contributed by atoms with Gasteiger partial charge in [0.2, 0.25) is 0 Å². The van der Waals surface area contributed by atoms with Crippen LogP contribution in [0.3, 0.4) is 0 Å². The van der Waals surface area contributed by atoms with Gasteiger partial charge in [0.05, 0.1) is 19.1 Å². The Bertz CT molecular complexity index is 527. The number of piperidine rings is 1. The van der Waals surface area contributed by atoms with E-state index in [9.17, 15) is 9.90 Å². The Morgan fingerprint density at radius 2 is 1.90 bits per heavy atom. The molecular weight excluding hydrogens is 266 g/mol. The number of benzene rings is 1. The Labute approximate surface area is 125 Å². The number of carbonyl (C=O) groups is 1. The lowest BCUT2D eigenvalue weighted by molar-refractivity contribution is -0.150. The maximum Gasteiger partial charge on any atom is 0.310 e. The van der Waals surface area contributed by atoms with Crippen LogP contribution in [0.5, 0.6) is 0 Å². The van der Waals surface area contributed by atoms with Crippen molar-refractivity contribution >= 4 is 5.97 Å². The number of aliphatic hydroxyl groups is 1. The summed E-state index contributed by atoms with van der Waals surface area (Å²) in [6.07, 6.45) is 1.11. The van der Waals surface area contributed by atoms with Crippen molar-refractivity contribution in [1.82, 2.24) is 4.90 Å². The predicted octanol–water partition coefficient (Wildman–Crippen LogP) is 1.71. The van der Waals surface area contributed by atoms with E-state index in [0.29, 0.717) is 6.42 Å². The van der Waals surface area contributed by atoms with Gasteiger partial charge in [-0.05, 0) is 32.4 Å². The molecule has 1 N–H and O–H groups in total. The minimum Gasteiger partial charge on any atom is -0.469 e. The van der Waals surface area contributed by atoms with Crippen molar-refractivity contribution in [2.75, 3.05) is 14.2 Å². The second-order valence-corrected chi connectivity index (χ2v) is 6.41. The normalized spacial score (nSPS) is 35.7. The minimum atomic E-state index is -0.345. The first-order valence-electron chi connectivity index (χ1n) is 7.57. The molecule has 1 aromatic carbocycles. The highest BCUT2D eigenvalue weighted by atomic mass is 16.5. The SMILES string of the molecule is COC(=O)[C@H]1C2C[C@@H](O)[C@H](C[C@H]1c1ccc(C)cc1)N2C. The number of rotatable bonds is 2. The van der Waals surface area contributed by atoms with Crippen molar-refractivity contribution in [2.45, 2.75) is 43.9 Å². The third-order valence-corrected chi connectivity index (χ3v) is 5.30. The van der Waals surface area contributed by atoms with Gasteiger partial charge in [0.15, 0.2) is 0 Å². The summed E-state index contributed by atoms with van der Waals surface area (Å²) in [5.41, 5.74) is 2.39. The first kappa shape index (κ1) is 14.5. The van der Waals surface area contributed by atoms with Crippen LogP contribution in [0.2, 0.25) is 0 Å². The second kappa shape index (κ2) is 5.43. The number of methoxy groups -OCH3 is 1. The zero-order valence-corrected chi connectivity index (χ0v) is 12.8. The van der Waals surface area contributed by atoms with Gasteiger partial charge in [0.1, 0.15) is 0 Å². The molecule has 2 saturated heterocycles. The Morgan fingerprint density at radius 3 is 2.52 bits per heavy atom. The van der Waals surface area contributed by atoms with Crippen molar-refractivity contribution in [3.05, 3.63) is 35.4 Å². The molecule has 4 nitrogen and oxygen atoms in total. The molecule has 0 aromatic heterocycles. The molecule has 114 valence electrons. The highest BCUT2D eigenvalue weighted by Crippen LogP contribution is 2.46. The van der Waals surface area contributed by atoms with E-state index >= 15 is 0 Å². The van der Waals surface area contributed by atoms with Crippen LogP contribution in [0.4, 0.5) is 0 Å². The van der Waals surface area contributed by atoms with E-state index in [1.807, 2.05) is 7.05 Å². The van der Waals surface area contributed by atoms with Crippen LogP contribution in [0.1, 0.15) is 29.9 Å². The summed E-state index contributed by atoms with van der Waals surface area (Å²) < 4.78 is 5.05. The molecule has 4 heteroatoms. The number of hydrogen-bond acceptors (Lipinski definition) is 4. The summed E-state index contributed by atoms with van der Waals surface area (Å²) in [4.78, 5) is 14.5. The highest BCUT2D eigenvalue weighted by molar-refractivity contribution is 5.75. The summed E-state index contributed by atoms with van der Waals surface area (Å²) in [6, 6.07) is 8.58. The Hall–Kier alpha value is -1.39. The number of aliphatic hydroxyl groups excluding tert-OH is 1. The quantitative estimate of drug-likeness (QED) is 0.842. The molecule has 3 rings (SSSR count). The number of fused-ring (bicyclic) bond motifs is 2. The van der Waals surface area contributed by atoms with E-state index in [-0.39, 0.29) is 36.0 Å². The third-order valence-electron chi connectivity index (χ3n) is 5.30. The maximum atomic E-state index is 12.3. The highest BCUT2D eigenvalue weighted by Gasteiger charge is 2.53. The monoisotopic (exact) mass is 289 g/mol. The molecule has 0 aliphatic carbocycles. The Morgan fingerprint density at radius 1 is 1.24 bits per heavy atom. The first-order chi connectivity index (χ1) is 10.0. The number of likely N-dealkylation sites (N-methyl/N-ethyl adjacent to an activating group) is 1. The standard InChI is InChI=1S/C17H23NO3/c1-10-4-6-11(7-5-10)12-8-13-15(19)9-14(18(13)2)16(12)17(20)21-3/h4-7,12-16,19H,8-9H2,1-3H3/t12-,13-,14?,15+,16+/m0/s1. The van der Waals surface area contributed by atoms with Gasteiger partial charge in [-0.1, -0.05) is 29.8 Å². The van der Waals surface area contributed by atoms with Crippen LogP contribution in [-0.2, 0) is 9.53 Å². The fourth-order valence-corrected chi connectivity index (χ4v) is 4.10. The van der Waals surface area contributed by atoms with Crippen molar-refractivity contribution in [1.29, 1.82) is 0 Å². The van der Waals surface area contributed by atoms with E-state index in [0.717, 1.165) is 6.42 Å². The largest absolute Gasteiger partial charge is 0.469 e. The second-order valence-electron chi connectivity index (χ2n) is 6.41. The molecule has 0 amide bonds. The topological polar surface area (TPSA) is 49.8 Å². The number of hydrogen-bond donors (Lipinski definition) is 1. The van der Waals surface area contributed by atoms with Gasteiger partial charge in [-0.25, -0.2) is 0 Å². The molecule has 1 unspecified atom stereocenters. The molecule has 2 aliphatic rings. The molecule has 0 radical (unpaired) electrons. The zero-order chi connectivity index (χ0) is 15.1. The van der Waals surface area contributed by atoms with Crippen molar-refractivity contribution in [2.24, 2.45) is 5.92 Å². The lowest BCUT2D eigenvalue weighted by Gasteiger charge is -2.41. The summed E-state index contributed by atoms with van der Waals surface area (Å²) >= 11 is 0. The van der Waals surface area contributed by atoms with Crippen LogP contribution >= 0.6 is 0 Å². The molecule has 21 heavy (non-hydrogen) atoms. The van der Waals surface area contributed by atoms with Crippen molar-refractivity contribution in [3.63, 3.8) is 0 Å².